The van der Waals surface area contributed by atoms with Crippen molar-refractivity contribution < 1.29 is 0 Å². The first-order valence-corrected chi connectivity index (χ1v) is 6.80. The minimum Gasteiger partial charge on any atom is -0.399 e. The van der Waals surface area contributed by atoms with Gasteiger partial charge in [-0.1, -0.05) is 15.9 Å². The fourth-order valence-corrected chi connectivity index (χ4v) is 2.80. The van der Waals surface area contributed by atoms with Crippen LogP contribution in [-0.2, 0) is 5.75 Å². The van der Waals surface area contributed by atoms with Crippen LogP contribution in [0, 0.1) is 0 Å². The third-order valence-electron chi connectivity index (χ3n) is 1.93. The molecule has 0 fully saturated rings. The van der Waals surface area contributed by atoms with Crippen LogP contribution in [0.2, 0.25) is 0 Å². The van der Waals surface area contributed by atoms with E-state index in [-0.39, 0.29) is 0 Å². The molecule has 1 aromatic carbocycles. The normalized spacial score (nSPS) is 10.9. The maximum absolute atomic E-state index is 5.76. The van der Waals surface area contributed by atoms with Crippen LogP contribution in [0.3, 0.4) is 0 Å². The molecule has 0 amide bonds. The van der Waals surface area contributed by atoms with Gasteiger partial charge in [0.25, 0.3) is 0 Å². The minimum absolute atomic E-state index is 0.826. The summed E-state index contributed by atoms with van der Waals surface area (Å²) in [6.45, 7) is 1.12. The largest absolute Gasteiger partial charge is 0.399 e. The molecule has 0 saturated heterocycles. The first-order chi connectivity index (χ1) is 7.08. The molecule has 15 heavy (non-hydrogen) atoms. The molecule has 0 spiro atoms. The van der Waals surface area contributed by atoms with Crippen molar-refractivity contribution in [1.82, 2.24) is 4.90 Å². The van der Waals surface area contributed by atoms with Gasteiger partial charge in [-0.2, -0.15) is 11.8 Å². The monoisotopic (exact) mass is 288 g/mol. The third kappa shape index (κ3) is 5.44. The maximum Gasteiger partial charge on any atom is 0.0328 e. The first-order valence-electron chi connectivity index (χ1n) is 4.85. The molecular weight excluding hydrogens is 272 g/mol. The number of benzene rings is 1. The lowest BCUT2D eigenvalue weighted by Crippen LogP contribution is -2.14. The number of thioether (sulfide) groups is 1. The van der Waals surface area contributed by atoms with Gasteiger partial charge in [0.1, 0.15) is 0 Å². The van der Waals surface area contributed by atoms with E-state index in [2.05, 4.69) is 41.0 Å². The Bertz CT molecular complexity index is 295. The molecule has 0 aliphatic rings. The van der Waals surface area contributed by atoms with Crippen LogP contribution < -0.4 is 5.73 Å². The van der Waals surface area contributed by atoms with E-state index in [0.717, 1.165) is 28.2 Å². The van der Waals surface area contributed by atoms with Crippen molar-refractivity contribution >= 4 is 33.4 Å². The zero-order valence-corrected chi connectivity index (χ0v) is 11.6. The molecule has 1 rings (SSSR count). The Balaban J connectivity index is 2.37. The van der Waals surface area contributed by atoms with Gasteiger partial charge in [-0.15, -0.1) is 0 Å². The van der Waals surface area contributed by atoms with Gasteiger partial charge in [-0.25, -0.2) is 0 Å². The molecule has 0 heterocycles. The van der Waals surface area contributed by atoms with Crippen molar-refractivity contribution in [3.8, 4) is 0 Å². The fourth-order valence-electron chi connectivity index (χ4n) is 1.20. The van der Waals surface area contributed by atoms with Gasteiger partial charge in [0.05, 0.1) is 0 Å². The molecule has 84 valence electrons. The molecule has 0 aliphatic carbocycles. The number of anilines is 1. The third-order valence-corrected chi connectivity index (χ3v) is 3.40. The molecule has 0 radical (unpaired) electrons. The lowest BCUT2D eigenvalue weighted by Gasteiger charge is -2.09. The van der Waals surface area contributed by atoms with Crippen molar-refractivity contribution in [2.24, 2.45) is 0 Å². The van der Waals surface area contributed by atoms with Gasteiger partial charge < -0.3 is 10.6 Å². The summed E-state index contributed by atoms with van der Waals surface area (Å²) in [5, 5.41) is 0. The van der Waals surface area contributed by atoms with Gasteiger partial charge in [0.2, 0.25) is 0 Å². The van der Waals surface area contributed by atoms with Crippen LogP contribution in [-0.4, -0.2) is 31.3 Å². The second-order valence-corrected chi connectivity index (χ2v) is 5.77. The summed E-state index contributed by atoms with van der Waals surface area (Å²) in [6.07, 6.45) is 0. The molecule has 2 nitrogen and oxygen atoms in total. The topological polar surface area (TPSA) is 29.3 Å². The quantitative estimate of drug-likeness (QED) is 0.667. The molecule has 2 N–H and O–H groups in total. The van der Waals surface area contributed by atoms with Crippen LogP contribution in [0.25, 0.3) is 0 Å². The van der Waals surface area contributed by atoms with E-state index >= 15 is 0 Å². The zero-order chi connectivity index (χ0) is 11.3. The van der Waals surface area contributed by atoms with Crippen molar-refractivity contribution in [3.05, 3.63) is 28.2 Å². The summed E-state index contributed by atoms with van der Waals surface area (Å²) in [6, 6.07) is 6.08. The zero-order valence-electron chi connectivity index (χ0n) is 9.16. The second kappa shape index (κ2) is 6.40. The van der Waals surface area contributed by atoms with Crippen molar-refractivity contribution in [1.29, 1.82) is 0 Å². The lowest BCUT2D eigenvalue weighted by atomic mass is 10.2. The Hall–Kier alpha value is -0.190. The van der Waals surface area contributed by atoms with Crippen molar-refractivity contribution in [2.45, 2.75) is 5.75 Å². The van der Waals surface area contributed by atoms with E-state index in [9.17, 15) is 0 Å². The van der Waals surface area contributed by atoms with Crippen molar-refractivity contribution in [2.75, 3.05) is 32.1 Å². The average molecular weight is 289 g/mol. The highest BCUT2D eigenvalue weighted by atomic mass is 79.9. The van der Waals surface area contributed by atoms with E-state index in [0.29, 0.717) is 0 Å². The van der Waals surface area contributed by atoms with E-state index < -0.39 is 0 Å². The molecule has 0 aliphatic heterocycles. The van der Waals surface area contributed by atoms with Crippen LogP contribution in [0.5, 0.6) is 0 Å². The number of nitrogens with two attached hydrogens (primary N) is 1. The van der Waals surface area contributed by atoms with Gasteiger partial charge in [-0.05, 0) is 37.9 Å². The number of nitrogens with zero attached hydrogens (tertiary/aromatic N) is 1. The smallest absolute Gasteiger partial charge is 0.0328 e. The van der Waals surface area contributed by atoms with E-state index in [4.69, 9.17) is 5.73 Å². The van der Waals surface area contributed by atoms with Gasteiger partial charge >= 0.3 is 0 Å². The number of halogens is 1. The molecule has 0 unspecified atom stereocenters. The summed E-state index contributed by atoms with van der Waals surface area (Å²) in [7, 11) is 4.19. The lowest BCUT2D eigenvalue weighted by molar-refractivity contribution is 0.437. The molecule has 0 aromatic heterocycles. The molecule has 4 heteroatoms. The molecule has 0 saturated carbocycles. The van der Waals surface area contributed by atoms with Crippen molar-refractivity contribution in [3.63, 3.8) is 0 Å². The highest BCUT2D eigenvalue weighted by Crippen LogP contribution is 2.20. The Kier molecular flexibility index (Phi) is 5.50. The second-order valence-electron chi connectivity index (χ2n) is 3.75. The molecule has 1 aromatic rings. The van der Waals surface area contributed by atoms with Crippen LogP contribution >= 0.6 is 27.7 Å². The Morgan fingerprint density at radius 3 is 2.67 bits per heavy atom. The van der Waals surface area contributed by atoms with Crippen LogP contribution in [0.4, 0.5) is 5.69 Å². The number of rotatable bonds is 5. The standard InChI is InChI=1S/C11H17BrN2S/c1-14(2)3-4-15-8-9-5-10(12)7-11(13)6-9/h5-7H,3-4,8,13H2,1-2H3. The number of hydrogen-bond donors (Lipinski definition) is 1. The van der Waals surface area contributed by atoms with Crippen LogP contribution in [0.1, 0.15) is 5.56 Å². The van der Waals surface area contributed by atoms with E-state index in [1.807, 2.05) is 23.9 Å². The Morgan fingerprint density at radius 2 is 2.07 bits per heavy atom. The van der Waals surface area contributed by atoms with Gasteiger partial charge in [-0.3, -0.25) is 0 Å². The Labute approximate surface area is 104 Å². The molecular formula is C11H17BrN2S. The molecule has 0 atom stereocenters. The highest BCUT2D eigenvalue weighted by molar-refractivity contribution is 9.10. The predicted molar refractivity (Wildman–Crippen MR) is 73.3 cm³/mol. The summed E-state index contributed by atoms with van der Waals surface area (Å²) < 4.78 is 1.06. The van der Waals surface area contributed by atoms with Gasteiger partial charge in [0, 0.05) is 28.2 Å². The highest BCUT2D eigenvalue weighted by Gasteiger charge is 1.98. The summed E-state index contributed by atoms with van der Waals surface area (Å²) in [5.41, 5.74) is 7.87. The summed E-state index contributed by atoms with van der Waals surface area (Å²) >= 11 is 5.38. The first kappa shape index (κ1) is 12.9. The van der Waals surface area contributed by atoms with E-state index in [1.165, 1.54) is 5.56 Å². The summed E-state index contributed by atoms with van der Waals surface area (Å²) in [4.78, 5) is 2.20. The maximum atomic E-state index is 5.76. The number of nitrogen functional groups attached to an aromatic ring is 1. The SMILES string of the molecule is CN(C)CCSCc1cc(N)cc(Br)c1. The Morgan fingerprint density at radius 1 is 1.33 bits per heavy atom. The molecule has 0 bridgehead atoms. The summed E-state index contributed by atoms with van der Waals surface area (Å²) in [5.74, 6) is 2.18. The fraction of sp³-hybridized carbons (Fsp3) is 0.455. The van der Waals surface area contributed by atoms with E-state index in [1.54, 1.807) is 0 Å². The average Bonchev–Trinajstić information content (AvgIpc) is 2.10. The van der Waals surface area contributed by atoms with Crippen LogP contribution in [0.15, 0.2) is 22.7 Å². The minimum atomic E-state index is 0.826. The number of hydrogen-bond acceptors (Lipinski definition) is 3. The van der Waals surface area contributed by atoms with Gasteiger partial charge in [0.15, 0.2) is 0 Å². The predicted octanol–water partition coefficient (Wildman–Crippen LogP) is 2.83.